The summed E-state index contributed by atoms with van der Waals surface area (Å²) in [6.07, 6.45) is 2.46. The normalized spacial score (nSPS) is 11.0. The molecule has 3 heterocycles. The van der Waals surface area contributed by atoms with Gasteiger partial charge >= 0.3 is 0 Å². The van der Waals surface area contributed by atoms with Gasteiger partial charge in [-0.2, -0.15) is 0 Å². The number of carbonyl (C=O) groups is 1. The number of para-hydroxylation sites is 1. The number of thiophene rings is 1. The van der Waals surface area contributed by atoms with Crippen LogP contribution in [-0.2, 0) is 24.8 Å². The molecule has 0 aliphatic heterocycles. The van der Waals surface area contributed by atoms with Gasteiger partial charge in [0.1, 0.15) is 11.5 Å². The van der Waals surface area contributed by atoms with E-state index >= 15 is 0 Å². The van der Waals surface area contributed by atoms with Crippen LogP contribution in [-0.4, -0.2) is 35.8 Å². The minimum atomic E-state index is -0.279. The van der Waals surface area contributed by atoms with Crippen molar-refractivity contribution >= 4 is 34.7 Å². The predicted molar refractivity (Wildman–Crippen MR) is 132 cm³/mol. The highest BCUT2D eigenvalue weighted by Gasteiger charge is 2.19. The molecule has 33 heavy (non-hydrogen) atoms. The third kappa shape index (κ3) is 4.86. The number of thioether (sulfide) groups is 1. The first-order valence-electron chi connectivity index (χ1n) is 10.3. The third-order valence-electron chi connectivity index (χ3n) is 5.17. The summed E-state index contributed by atoms with van der Waals surface area (Å²) in [5.74, 6) is 0.650. The van der Waals surface area contributed by atoms with Gasteiger partial charge in [0.2, 0.25) is 5.91 Å². The van der Waals surface area contributed by atoms with Crippen LogP contribution >= 0.6 is 23.1 Å². The standard InChI is InChI=1S/C23H24N6O2S2/c1-4-12-28-19(14-18-11-8-13-32-18)25-26-23(28)33-15-20(30)24-21-16(2)27(3)29(22(21)31)17-9-6-5-7-10-17/h4-11,13H,1,12,14-15H2,2-3H3,(H,24,30). The lowest BCUT2D eigenvalue weighted by molar-refractivity contribution is -0.113. The fraction of sp³-hybridized carbons (Fsp3) is 0.217. The van der Waals surface area contributed by atoms with Crippen molar-refractivity contribution in [3.05, 3.63) is 87.2 Å². The molecule has 1 amide bonds. The highest BCUT2D eigenvalue weighted by Crippen LogP contribution is 2.21. The molecule has 1 aromatic carbocycles. The zero-order valence-electron chi connectivity index (χ0n) is 18.4. The van der Waals surface area contributed by atoms with Crippen molar-refractivity contribution in [1.29, 1.82) is 0 Å². The maximum absolute atomic E-state index is 13.0. The Morgan fingerprint density at radius 2 is 2.00 bits per heavy atom. The van der Waals surface area contributed by atoms with E-state index in [1.807, 2.05) is 46.3 Å². The molecule has 8 nitrogen and oxygen atoms in total. The number of hydrogen-bond acceptors (Lipinski definition) is 6. The molecular formula is C23H24N6O2S2. The Bertz CT molecular complexity index is 1320. The van der Waals surface area contributed by atoms with Gasteiger partial charge in [0.25, 0.3) is 5.56 Å². The predicted octanol–water partition coefficient (Wildman–Crippen LogP) is 3.65. The Balaban J connectivity index is 1.48. The molecule has 0 radical (unpaired) electrons. The topological polar surface area (TPSA) is 86.7 Å². The molecule has 4 aromatic rings. The Kier molecular flexibility index (Phi) is 6.95. The summed E-state index contributed by atoms with van der Waals surface area (Å²) in [6, 6.07) is 13.4. The fourth-order valence-electron chi connectivity index (χ4n) is 3.46. The van der Waals surface area contributed by atoms with Crippen LogP contribution in [0.1, 0.15) is 16.4 Å². The van der Waals surface area contributed by atoms with E-state index in [1.54, 1.807) is 36.1 Å². The number of allylic oxidation sites excluding steroid dienone is 1. The fourth-order valence-corrected chi connectivity index (χ4v) is 4.92. The summed E-state index contributed by atoms with van der Waals surface area (Å²) < 4.78 is 5.23. The smallest absolute Gasteiger partial charge is 0.295 e. The number of nitrogens with zero attached hydrogens (tertiary/aromatic N) is 5. The highest BCUT2D eigenvalue weighted by atomic mass is 32.2. The van der Waals surface area contributed by atoms with Crippen LogP contribution in [0.3, 0.4) is 0 Å². The molecule has 0 aliphatic rings. The van der Waals surface area contributed by atoms with Gasteiger partial charge in [-0.25, -0.2) is 4.68 Å². The average Bonchev–Trinajstić information content (AvgIpc) is 3.51. The molecule has 0 aliphatic carbocycles. The summed E-state index contributed by atoms with van der Waals surface area (Å²) in [6.45, 7) is 6.18. The summed E-state index contributed by atoms with van der Waals surface area (Å²) in [5, 5.41) is 14.0. The van der Waals surface area contributed by atoms with Crippen LogP contribution in [0.4, 0.5) is 5.69 Å². The maximum Gasteiger partial charge on any atom is 0.295 e. The minimum Gasteiger partial charge on any atom is -0.319 e. The summed E-state index contributed by atoms with van der Waals surface area (Å²) in [5.41, 5.74) is 1.42. The third-order valence-corrected chi connectivity index (χ3v) is 7.01. The Hall–Kier alpha value is -3.37. The lowest BCUT2D eigenvalue weighted by atomic mass is 10.3. The SMILES string of the molecule is C=CCn1c(Cc2cccs2)nnc1SCC(=O)Nc1c(C)n(C)n(-c2ccccc2)c1=O. The lowest BCUT2D eigenvalue weighted by Crippen LogP contribution is -2.23. The van der Waals surface area contributed by atoms with Gasteiger partial charge in [-0.3, -0.25) is 14.3 Å². The zero-order chi connectivity index (χ0) is 23.4. The molecule has 0 saturated carbocycles. The van der Waals surface area contributed by atoms with Crippen molar-refractivity contribution in [2.24, 2.45) is 7.05 Å². The summed E-state index contributed by atoms with van der Waals surface area (Å²) >= 11 is 2.95. The van der Waals surface area contributed by atoms with Crippen molar-refractivity contribution in [3.63, 3.8) is 0 Å². The highest BCUT2D eigenvalue weighted by molar-refractivity contribution is 7.99. The monoisotopic (exact) mass is 480 g/mol. The molecule has 10 heteroatoms. The van der Waals surface area contributed by atoms with Gasteiger partial charge in [-0.05, 0) is 30.5 Å². The molecule has 3 aromatic heterocycles. The van der Waals surface area contributed by atoms with E-state index in [0.29, 0.717) is 23.8 Å². The van der Waals surface area contributed by atoms with Crippen LogP contribution in [0.5, 0.6) is 0 Å². The number of anilines is 1. The first-order valence-corrected chi connectivity index (χ1v) is 12.2. The van der Waals surface area contributed by atoms with E-state index in [2.05, 4.69) is 28.2 Å². The second-order valence-electron chi connectivity index (χ2n) is 7.33. The molecule has 4 rings (SSSR count). The number of benzene rings is 1. The molecule has 0 saturated heterocycles. The van der Waals surface area contributed by atoms with Gasteiger partial charge < -0.3 is 9.88 Å². The Labute approximate surface area is 199 Å². The first-order chi connectivity index (χ1) is 16.0. The summed E-state index contributed by atoms with van der Waals surface area (Å²) in [4.78, 5) is 26.9. The van der Waals surface area contributed by atoms with Crippen molar-refractivity contribution in [2.75, 3.05) is 11.1 Å². The lowest BCUT2D eigenvalue weighted by Gasteiger charge is -2.07. The van der Waals surface area contributed by atoms with Crippen LogP contribution in [0.2, 0.25) is 0 Å². The van der Waals surface area contributed by atoms with E-state index in [0.717, 1.165) is 11.5 Å². The molecule has 0 bridgehead atoms. The molecule has 170 valence electrons. The van der Waals surface area contributed by atoms with Crippen molar-refractivity contribution in [3.8, 4) is 5.69 Å². The molecule has 1 N–H and O–H groups in total. The van der Waals surface area contributed by atoms with E-state index in [9.17, 15) is 9.59 Å². The van der Waals surface area contributed by atoms with Crippen LogP contribution in [0, 0.1) is 6.92 Å². The van der Waals surface area contributed by atoms with Crippen LogP contribution in [0.25, 0.3) is 5.69 Å². The van der Waals surface area contributed by atoms with Gasteiger partial charge in [0.05, 0.1) is 17.1 Å². The molecular weight excluding hydrogens is 456 g/mol. The molecule has 0 fully saturated rings. The minimum absolute atomic E-state index is 0.105. The molecule has 0 spiro atoms. The number of nitrogens with one attached hydrogen (secondary N) is 1. The second-order valence-corrected chi connectivity index (χ2v) is 9.30. The number of amides is 1. The Morgan fingerprint density at radius 1 is 1.21 bits per heavy atom. The first kappa shape index (κ1) is 22.8. The van der Waals surface area contributed by atoms with Crippen molar-refractivity contribution in [2.45, 2.75) is 25.0 Å². The number of aromatic nitrogens is 5. The summed E-state index contributed by atoms with van der Waals surface area (Å²) in [7, 11) is 1.79. The largest absolute Gasteiger partial charge is 0.319 e. The van der Waals surface area contributed by atoms with Crippen molar-refractivity contribution < 1.29 is 4.79 Å². The second kappa shape index (κ2) is 10.1. The van der Waals surface area contributed by atoms with E-state index in [4.69, 9.17) is 0 Å². The van der Waals surface area contributed by atoms with Crippen LogP contribution in [0.15, 0.2) is 70.5 Å². The molecule has 0 unspecified atom stereocenters. The average molecular weight is 481 g/mol. The number of rotatable bonds is 9. The zero-order valence-corrected chi connectivity index (χ0v) is 20.0. The van der Waals surface area contributed by atoms with E-state index in [1.165, 1.54) is 21.3 Å². The van der Waals surface area contributed by atoms with Crippen LogP contribution < -0.4 is 10.9 Å². The van der Waals surface area contributed by atoms with E-state index in [-0.39, 0.29) is 22.9 Å². The quantitative estimate of drug-likeness (QED) is 0.292. The van der Waals surface area contributed by atoms with E-state index < -0.39 is 0 Å². The van der Waals surface area contributed by atoms with Crippen molar-refractivity contribution in [1.82, 2.24) is 24.1 Å². The van der Waals surface area contributed by atoms with Gasteiger partial charge in [0.15, 0.2) is 5.16 Å². The Morgan fingerprint density at radius 3 is 2.70 bits per heavy atom. The molecule has 0 atom stereocenters. The van der Waals surface area contributed by atoms with Gasteiger partial charge in [-0.15, -0.1) is 28.1 Å². The number of hydrogen-bond donors (Lipinski definition) is 1. The van der Waals surface area contributed by atoms with Gasteiger partial charge in [0, 0.05) is 24.9 Å². The maximum atomic E-state index is 13.0. The van der Waals surface area contributed by atoms with Gasteiger partial charge in [-0.1, -0.05) is 42.1 Å². The number of carbonyl (C=O) groups excluding carboxylic acids is 1.